The number of H-pyrrole nitrogens is 1. The number of rotatable bonds is 4. The van der Waals surface area contributed by atoms with Gasteiger partial charge >= 0.3 is 0 Å². The third-order valence-electron chi connectivity index (χ3n) is 3.78. The summed E-state index contributed by atoms with van der Waals surface area (Å²) >= 11 is 5.18. The summed E-state index contributed by atoms with van der Waals surface area (Å²) in [5, 5.41) is 9.23. The van der Waals surface area contributed by atoms with E-state index in [1.807, 2.05) is 31.5 Å². The predicted octanol–water partition coefficient (Wildman–Crippen LogP) is 3.94. The first-order chi connectivity index (χ1) is 9.59. The number of nitrogens with one attached hydrogen (secondary N) is 1. The van der Waals surface area contributed by atoms with Crippen LogP contribution in [0.5, 0.6) is 0 Å². The van der Waals surface area contributed by atoms with Gasteiger partial charge in [-0.15, -0.1) is 11.3 Å². The molecule has 6 heteroatoms. The lowest BCUT2D eigenvalue weighted by atomic mass is 10.2. The number of hydrogen-bond donors (Lipinski definition) is 1. The molecule has 1 aliphatic rings. The molecule has 1 aliphatic carbocycles. The molecule has 1 saturated carbocycles. The van der Waals surface area contributed by atoms with Gasteiger partial charge in [-0.05, 0) is 47.1 Å². The molecule has 1 atom stereocenters. The molecule has 2 heterocycles. The Morgan fingerprint density at radius 2 is 2.35 bits per heavy atom. The highest BCUT2D eigenvalue weighted by Crippen LogP contribution is 2.43. The molecule has 0 aliphatic heterocycles. The molecule has 2 aromatic rings. The van der Waals surface area contributed by atoms with Crippen LogP contribution in [0.1, 0.15) is 52.8 Å². The number of thiophene rings is 1. The van der Waals surface area contributed by atoms with Gasteiger partial charge in [0, 0.05) is 17.8 Å². The number of nitrogens with zero attached hydrogens (tertiary/aromatic N) is 2. The average molecular weight is 354 g/mol. The van der Waals surface area contributed by atoms with Crippen molar-refractivity contribution in [1.29, 1.82) is 0 Å². The van der Waals surface area contributed by atoms with E-state index in [0.29, 0.717) is 11.6 Å². The highest BCUT2D eigenvalue weighted by atomic mass is 79.9. The van der Waals surface area contributed by atoms with Crippen LogP contribution in [0.3, 0.4) is 0 Å². The zero-order chi connectivity index (χ0) is 14.3. The first kappa shape index (κ1) is 13.8. The fourth-order valence-corrected chi connectivity index (χ4v) is 3.69. The van der Waals surface area contributed by atoms with Gasteiger partial charge in [0.05, 0.1) is 16.2 Å². The molecule has 0 aromatic carbocycles. The van der Waals surface area contributed by atoms with Crippen molar-refractivity contribution in [3.63, 3.8) is 0 Å². The van der Waals surface area contributed by atoms with Crippen LogP contribution in [0, 0.1) is 0 Å². The van der Waals surface area contributed by atoms with E-state index >= 15 is 0 Å². The summed E-state index contributed by atoms with van der Waals surface area (Å²) in [5.74, 6) is 0.486. The Labute approximate surface area is 130 Å². The standard InChI is InChI=1S/C14H16BrN3OS/c1-8(10-4-3-7-20-10)18(2)14(19)13-11(15)12(16-17-13)9-5-6-9/h3-4,7-9H,5-6H2,1-2H3,(H,16,17)/t8-/m1/s1. The summed E-state index contributed by atoms with van der Waals surface area (Å²) in [7, 11) is 1.82. The summed E-state index contributed by atoms with van der Waals surface area (Å²) in [6.07, 6.45) is 2.35. The molecular formula is C14H16BrN3OS. The van der Waals surface area contributed by atoms with E-state index in [1.54, 1.807) is 16.2 Å². The maximum atomic E-state index is 12.6. The number of carbonyl (C=O) groups excluding carboxylic acids is 1. The largest absolute Gasteiger partial charge is 0.333 e. The molecule has 0 bridgehead atoms. The summed E-state index contributed by atoms with van der Waals surface area (Å²) in [6, 6.07) is 4.11. The van der Waals surface area contributed by atoms with Crippen LogP contribution >= 0.6 is 27.3 Å². The van der Waals surface area contributed by atoms with E-state index in [9.17, 15) is 4.79 Å². The lowest BCUT2D eigenvalue weighted by Crippen LogP contribution is -2.29. The van der Waals surface area contributed by atoms with E-state index in [0.717, 1.165) is 10.2 Å². The molecular weight excluding hydrogens is 338 g/mol. The molecule has 1 N–H and O–H groups in total. The second-order valence-electron chi connectivity index (χ2n) is 5.18. The number of aromatic amines is 1. The third kappa shape index (κ3) is 2.42. The van der Waals surface area contributed by atoms with Crippen molar-refractivity contribution in [3.05, 3.63) is 38.3 Å². The van der Waals surface area contributed by atoms with E-state index in [2.05, 4.69) is 26.1 Å². The van der Waals surface area contributed by atoms with Crippen LogP contribution in [-0.2, 0) is 0 Å². The van der Waals surface area contributed by atoms with Crippen molar-refractivity contribution in [2.75, 3.05) is 7.05 Å². The Balaban J connectivity index is 1.81. The van der Waals surface area contributed by atoms with E-state index in [4.69, 9.17) is 0 Å². The number of aromatic nitrogens is 2. The van der Waals surface area contributed by atoms with Crippen LogP contribution < -0.4 is 0 Å². The average Bonchev–Trinajstić information content (AvgIpc) is 3.00. The smallest absolute Gasteiger partial charge is 0.275 e. The normalized spacial score (nSPS) is 16.1. The van der Waals surface area contributed by atoms with Gasteiger partial charge in [0.25, 0.3) is 5.91 Å². The summed E-state index contributed by atoms with van der Waals surface area (Å²) < 4.78 is 0.829. The minimum Gasteiger partial charge on any atom is -0.333 e. The molecule has 0 saturated heterocycles. The Morgan fingerprint density at radius 3 is 2.95 bits per heavy atom. The summed E-state index contributed by atoms with van der Waals surface area (Å²) in [4.78, 5) is 15.5. The Morgan fingerprint density at radius 1 is 1.60 bits per heavy atom. The van der Waals surface area contributed by atoms with Crippen LogP contribution in [0.25, 0.3) is 0 Å². The molecule has 20 heavy (non-hydrogen) atoms. The number of halogens is 1. The number of carbonyl (C=O) groups is 1. The zero-order valence-corrected chi connectivity index (χ0v) is 13.8. The SMILES string of the molecule is C[C@H](c1cccs1)N(C)C(=O)c1n[nH]c(C2CC2)c1Br. The van der Waals surface area contributed by atoms with Gasteiger partial charge in [-0.1, -0.05) is 6.07 Å². The van der Waals surface area contributed by atoms with Crippen LogP contribution in [0.2, 0.25) is 0 Å². The predicted molar refractivity (Wildman–Crippen MR) is 83.1 cm³/mol. The highest BCUT2D eigenvalue weighted by molar-refractivity contribution is 9.10. The number of hydrogen-bond acceptors (Lipinski definition) is 3. The molecule has 1 fully saturated rings. The van der Waals surface area contributed by atoms with Gasteiger partial charge in [0.1, 0.15) is 0 Å². The van der Waals surface area contributed by atoms with E-state index in [1.165, 1.54) is 17.7 Å². The minimum absolute atomic E-state index is 0.0514. The van der Waals surface area contributed by atoms with E-state index in [-0.39, 0.29) is 11.9 Å². The van der Waals surface area contributed by atoms with Crippen molar-refractivity contribution < 1.29 is 4.79 Å². The van der Waals surface area contributed by atoms with Crippen LogP contribution in [0.4, 0.5) is 0 Å². The Kier molecular flexibility index (Phi) is 3.69. The Bertz CT molecular complexity index is 618. The fourth-order valence-electron chi connectivity index (χ4n) is 2.19. The van der Waals surface area contributed by atoms with Crippen molar-refractivity contribution in [3.8, 4) is 0 Å². The van der Waals surface area contributed by atoms with Crippen LogP contribution in [-0.4, -0.2) is 28.1 Å². The Hall–Kier alpha value is -1.14. The lowest BCUT2D eigenvalue weighted by molar-refractivity contribution is 0.0738. The van der Waals surface area contributed by atoms with Gasteiger partial charge in [0.2, 0.25) is 0 Å². The summed E-state index contributed by atoms with van der Waals surface area (Å²) in [6.45, 7) is 2.03. The quantitative estimate of drug-likeness (QED) is 0.904. The summed E-state index contributed by atoms with van der Waals surface area (Å²) in [5.41, 5.74) is 1.54. The molecule has 0 unspecified atom stereocenters. The maximum absolute atomic E-state index is 12.6. The molecule has 2 aromatic heterocycles. The van der Waals surface area contributed by atoms with Crippen molar-refractivity contribution >= 4 is 33.2 Å². The minimum atomic E-state index is -0.0547. The maximum Gasteiger partial charge on any atom is 0.275 e. The second kappa shape index (κ2) is 5.33. The van der Waals surface area contributed by atoms with Crippen LogP contribution in [0.15, 0.2) is 22.0 Å². The molecule has 106 valence electrons. The van der Waals surface area contributed by atoms with Gasteiger partial charge in [0.15, 0.2) is 5.69 Å². The number of amides is 1. The first-order valence-corrected chi connectivity index (χ1v) is 8.31. The van der Waals surface area contributed by atoms with Gasteiger partial charge in [-0.25, -0.2) is 0 Å². The fraction of sp³-hybridized carbons (Fsp3) is 0.429. The van der Waals surface area contributed by atoms with Gasteiger partial charge < -0.3 is 4.90 Å². The van der Waals surface area contributed by atoms with E-state index < -0.39 is 0 Å². The molecule has 0 spiro atoms. The van der Waals surface area contributed by atoms with Crippen molar-refractivity contribution in [2.24, 2.45) is 0 Å². The zero-order valence-electron chi connectivity index (χ0n) is 11.4. The van der Waals surface area contributed by atoms with Crippen molar-refractivity contribution in [1.82, 2.24) is 15.1 Å². The van der Waals surface area contributed by atoms with Crippen molar-refractivity contribution in [2.45, 2.75) is 31.7 Å². The topological polar surface area (TPSA) is 49.0 Å². The third-order valence-corrected chi connectivity index (χ3v) is 5.62. The molecule has 3 rings (SSSR count). The molecule has 0 radical (unpaired) electrons. The van der Waals surface area contributed by atoms with Gasteiger partial charge in [-0.2, -0.15) is 5.10 Å². The second-order valence-corrected chi connectivity index (χ2v) is 6.95. The van der Waals surface area contributed by atoms with Gasteiger partial charge in [-0.3, -0.25) is 9.89 Å². The first-order valence-electron chi connectivity index (χ1n) is 6.64. The molecule has 1 amide bonds. The lowest BCUT2D eigenvalue weighted by Gasteiger charge is -2.23. The monoisotopic (exact) mass is 353 g/mol. The highest BCUT2D eigenvalue weighted by Gasteiger charge is 2.32. The molecule has 4 nitrogen and oxygen atoms in total.